The molecule has 19 heavy (non-hydrogen) atoms. The van der Waals surface area contributed by atoms with Crippen LogP contribution in [0.15, 0.2) is 41.5 Å². The summed E-state index contributed by atoms with van der Waals surface area (Å²) in [6.07, 6.45) is 2.36. The summed E-state index contributed by atoms with van der Waals surface area (Å²) in [6.45, 7) is 11.7. The van der Waals surface area contributed by atoms with Crippen LogP contribution < -0.4 is 4.90 Å². The van der Waals surface area contributed by atoms with Gasteiger partial charge in [0.1, 0.15) is 0 Å². The molecule has 1 aliphatic heterocycles. The number of para-hydroxylation sites is 1. The van der Waals surface area contributed by atoms with Gasteiger partial charge in [0.2, 0.25) is 0 Å². The van der Waals surface area contributed by atoms with Crippen LogP contribution in [0, 0.1) is 5.92 Å². The van der Waals surface area contributed by atoms with E-state index in [0.29, 0.717) is 18.0 Å². The Balaban J connectivity index is 2.48. The van der Waals surface area contributed by atoms with Crippen LogP contribution in [0.3, 0.4) is 0 Å². The quantitative estimate of drug-likeness (QED) is 0.686. The average Bonchev–Trinajstić information content (AvgIpc) is 2.45. The van der Waals surface area contributed by atoms with E-state index in [-0.39, 0.29) is 0 Å². The highest BCUT2D eigenvalue weighted by Crippen LogP contribution is 2.38. The van der Waals surface area contributed by atoms with Gasteiger partial charge in [0.25, 0.3) is 0 Å². The summed E-state index contributed by atoms with van der Waals surface area (Å²) in [5.41, 5.74) is 4.64. The van der Waals surface area contributed by atoms with Crippen molar-refractivity contribution < 1.29 is 0 Å². The van der Waals surface area contributed by atoms with Gasteiger partial charge in [0.05, 0.1) is 6.04 Å². The molecule has 1 heterocycles. The molecule has 2 rings (SSSR count). The second kappa shape index (κ2) is 5.81. The topological polar surface area (TPSA) is 3.24 Å². The number of hydrogen-bond donors (Lipinski definition) is 0. The molecule has 1 aromatic rings. The molecular weight excluding hydrogens is 230 g/mol. The van der Waals surface area contributed by atoms with Gasteiger partial charge in [-0.2, -0.15) is 0 Å². The van der Waals surface area contributed by atoms with Crippen LogP contribution in [0.4, 0.5) is 5.69 Å². The highest BCUT2D eigenvalue weighted by molar-refractivity contribution is 5.53. The Morgan fingerprint density at radius 1 is 1.05 bits per heavy atom. The van der Waals surface area contributed by atoms with Crippen LogP contribution in [0.25, 0.3) is 0 Å². The maximum atomic E-state index is 2.64. The van der Waals surface area contributed by atoms with E-state index in [1.165, 1.54) is 18.5 Å². The van der Waals surface area contributed by atoms with Gasteiger partial charge < -0.3 is 4.90 Å². The molecule has 0 bridgehead atoms. The predicted octanol–water partition coefficient (Wildman–Crippen LogP) is 5.04. The summed E-state index contributed by atoms with van der Waals surface area (Å²) < 4.78 is 0. The second-order valence-corrected chi connectivity index (χ2v) is 5.76. The lowest BCUT2D eigenvalue weighted by molar-refractivity contribution is 0.421. The van der Waals surface area contributed by atoms with Gasteiger partial charge in [-0.05, 0) is 50.3 Å². The van der Waals surface area contributed by atoms with Crippen LogP contribution in [0.1, 0.15) is 47.5 Å². The summed E-state index contributed by atoms with van der Waals surface area (Å²) in [5.74, 6) is 0.637. The highest BCUT2D eigenvalue weighted by atomic mass is 15.2. The van der Waals surface area contributed by atoms with Gasteiger partial charge in [-0.15, -0.1) is 0 Å². The van der Waals surface area contributed by atoms with Crippen molar-refractivity contribution in [1.29, 1.82) is 0 Å². The fourth-order valence-electron chi connectivity index (χ4n) is 3.58. The molecular formula is C18H27N. The van der Waals surface area contributed by atoms with Crippen molar-refractivity contribution in [2.75, 3.05) is 4.90 Å². The zero-order valence-electron chi connectivity index (χ0n) is 13.0. The van der Waals surface area contributed by atoms with Crippen molar-refractivity contribution >= 4 is 5.69 Å². The molecule has 1 heteroatoms. The zero-order valence-corrected chi connectivity index (χ0v) is 13.0. The molecule has 0 saturated carbocycles. The second-order valence-electron chi connectivity index (χ2n) is 5.76. The lowest BCUT2D eigenvalue weighted by Gasteiger charge is -2.47. The van der Waals surface area contributed by atoms with Gasteiger partial charge in [0, 0.05) is 11.7 Å². The van der Waals surface area contributed by atoms with E-state index in [9.17, 15) is 0 Å². The zero-order chi connectivity index (χ0) is 14.0. The monoisotopic (exact) mass is 257 g/mol. The molecule has 3 atom stereocenters. The lowest BCUT2D eigenvalue weighted by Crippen LogP contribution is -2.50. The molecule has 0 saturated heterocycles. The molecule has 0 fully saturated rings. The van der Waals surface area contributed by atoms with Gasteiger partial charge in [0.15, 0.2) is 0 Å². The van der Waals surface area contributed by atoms with Crippen LogP contribution in [0.2, 0.25) is 0 Å². The molecule has 1 aliphatic rings. The minimum atomic E-state index is 0.568. The number of rotatable bonds is 3. The first kappa shape index (κ1) is 14.2. The Morgan fingerprint density at radius 3 is 2.21 bits per heavy atom. The van der Waals surface area contributed by atoms with E-state index >= 15 is 0 Å². The van der Waals surface area contributed by atoms with E-state index < -0.39 is 0 Å². The van der Waals surface area contributed by atoms with Crippen LogP contribution >= 0.6 is 0 Å². The van der Waals surface area contributed by atoms with Crippen molar-refractivity contribution in [3.8, 4) is 0 Å². The third kappa shape index (κ3) is 2.43. The minimum absolute atomic E-state index is 0.568. The smallest absolute Gasteiger partial charge is 0.0505 e. The molecule has 1 aromatic carbocycles. The predicted molar refractivity (Wildman–Crippen MR) is 84.6 cm³/mol. The van der Waals surface area contributed by atoms with Crippen molar-refractivity contribution in [3.63, 3.8) is 0 Å². The first-order valence-corrected chi connectivity index (χ1v) is 7.64. The molecule has 0 unspecified atom stereocenters. The fourth-order valence-corrected chi connectivity index (χ4v) is 3.58. The van der Waals surface area contributed by atoms with Crippen molar-refractivity contribution in [2.24, 2.45) is 5.92 Å². The summed E-state index contributed by atoms with van der Waals surface area (Å²) >= 11 is 0. The third-order valence-electron chi connectivity index (χ3n) is 4.91. The van der Waals surface area contributed by atoms with E-state index in [1.54, 1.807) is 11.1 Å². The number of nitrogens with zero attached hydrogens (tertiary/aromatic N) is 1. The van der Waals surface area contributed by atoms with Crippen LogP contribution in [0.5, 0.6) is 0 Å². The van der Waals surface area contributed by atoms with E-state index in [1.807, 2.05) is 0 Å². The van der Waals surface area contributed by atoms with Gasteiger partial charge in [-0.1, -0.05) is 44.5 Å². The molecule has 0 radical (unpaired) electrons. The Hall–Kier alpha value is -1.24. The summed E-state index contributed by atoms with van der Waals surface area (Å²) in [6, 6.07) is 12.0. The SMILES string of the molecule is CCC1=C(C)[C@@H](C)[C@@H](C)N(c2ccccc2)[C@H]1CC. The summed E-state index contributed by atoms with van der Waals surface area (Å²) in [4.78, 5) is 2.64. The van der Waals surface area contributed by atoms with Gasteiger partial charge in [-0.25, -0.2) is 0 Å². The average molecular weight is 257 g/mol. The maximum absolute atomic E-state index is 2.64. The molecule has 0 aliphatic carbocycles. The van der Waals surface area contributed by atoms with Gasteiger partial charge >= 0.3 is 0 Å². The molecule has 0 amide bonds. The molecule has 1 nitrogen and oxygen atoms in total. The standard InChI is InChI=1S/C18H27N/c1-6-17-14(4)13(3)15(5)19(18(17)7-2)16-11-9-8-10-12-16/h8-13,15,18H,6-7H2,1-5H3/t13-,15-,18+/m1/s1. The Morgan fingerprint density at radius 2 is 1.68 bits per heavy atom. The Labute approximate surface area is 118 Å². The maximum Gasteiger partial charge on any atom is 0.0505 e. The Kier molecular flexibility index (Phi) is 4.34. The molecule has 0 N–H and O–H groups in total. The molecule has 0 spiro atoms. The largest absolute Gasteiger partial charge is 0.362 e. The lowest BCUT2D eigenvalue weighted by atomic mass is 9.80. The summed E-state index contributed by atoms with van der Waals surface area (Å²) in [7, 11) is 0. The van der Waals surface area contributed by atoms with Gasteiger partial charge in [-0.3, -0.25) is 0 Å². The van der Waals surface area contributed by atoms with E-state index in [4.69, 9.17) is 0 Å². The molecule has 104 valence electrons. The van der Waals surface area contributed by atoms with E-state index in [0.717, 1.165) is 0 Å². The first-order chi connectivity index (χ1) is 9.11. The fraction of sp³-hybridized carbons (Fsp3) is 0.556. The normalized spacial score (nSPS) is 27.8. The van der Waals surface area contributed by atoms with Crippen molar-refractivity contribution in [3.05, 3.63) is 41.5 Å². The summed E-state index contributed by atoms with van der Waals surface area (Å²) in [5, 5.41) is 0. The third-order valence-corrected chi connectivity index (χ3v) is 4.91. The first-order valence-electron chi connectivity index (χ1n) is 7.64. The Bertz CT molecular complexity index is 446. The van der Waals surface area contributed by atoms with Crippen LogP contribution in [-0.2, 0) is 0 Å². The molecule has 0 aromatic heterocycles. The van der Waals surface area contributed by atoms with Crippen molar-refractivity contribution in [1.82, 2.24) is 0 Å². The van der Waals surface area contributed by atoms with E-state index in [2.05, 4.69) is 69.9 Å². The minimum Gasteiger partial charge on any atom is -0.362 e. The number of benzene rings is 1. The van der Waals surface area contributed by atoms with Crippen LogP contribution in [-0.4, -0.2) is 12.1 Å². The number of anilines is 1. The number of hydrogen-bond acceptors (Lipinski definition) is 1. The highest BCUT2D eigenvalue weighted by Gasteiger charge is 2.34. The van der Waals surface area contributed by atoms with Crippen molar-refractivity contribution in [2.45, 2.75) is 59.5 Å².